The van der Waals surface area contributed by atoms with Gasteiger partial charge in [0.05, 0.1) is 46.8 Å². The largest absolute Gasteiger partial charge is 0.382 e. The Hall–Kier alpha value is -12.4. The Kier molecular flexibility index (Phi) is 21.0. The zero-order valence-electron chi connectivity index (χ0n) is 64.6. The molecule has 0 radical (unpaired) electrons. The normalized spacial score (nSPS) is 19.1. The van der Waals surface area contributed by atoms with Crippen molar-refractivity contribution in [2.24, 2.45) is 29.4 Å². The monoisotopic (exact) mass is 1530 g/mol. The van der Waals surface area contributed by atoms with Crippen LogP contribution in [-0.4, -0.2) is 152 Å². The van der Waals surface area contributed by atoms with Gasteiger partial charge < -0.3 is 43.2 Å². The van der Waals surface area contributed by atoms with Crippen LogP contribution in [0.25, 0.3) is 117 Å². The van der Waals surface area contributed by atoms with E-state index < -0.39 is 0 Å². The van der Waals surface area contributed by atoms with Crippen LogP contribution in [-0.2, 0) is 14.3 Å². The highest BCUT2D eigenvalue weighted by Crippen LogP contribution is 2.47. The summed E-state index contributed by atoms with van der Waals surface area (Å²) in [5.74, 6) is 7.61. The van der Waals surface area contributed by atoms with Gasteiger partial charge in [-0.15, -0.1) is 0 Å². The summed E-state index contributed by atoms with van der Waals surface area (Å²) >= 11 is 0. The Balaban J connectivity index is 0.000000120. The number of carbonyl (C=O) groups excluding carboxylic acids is 2. The summed E-state index contributed by atoms with van der Waals surface area (Å²) in [5.41, 5.74) is 41.8. The van der Waals surface area contributed by atoms with E-state index in [9.17, 15) is 9.59 Å². The molecular weight excluding hydrogens is 1430 g/mol. The smallest absolute Gasteiger partial charge is 0.220 e. The van der Waals surface area contributed by atoms with Gasteiger partial charge in [0, 0.05) is 157 Å². The molecule has 0 atom stereocenters. The second kappa shape index (κ2) is 32.6. The summed E-state index contributed by atoms with van der Waals surface area (Å²) in [6.07, 6.45) is 19.6. The third-order valence-electron chi connectivity index (χ3n) is 24.0. The predicted octanol–water partition coefficient (Wildman–Crippen LogP) is 14.3. The molecule has 5 fully saturated rings. The van der Waals surface area contributed by atoms with Gasteiger partial charge in [-0.25, -0.2) is 44.9 Å². The van der Waals surface area contributed by atoms with E-state index in [2.05, 4.69) is 176 Å². The van der Waals surface area contributed by atoms with Crippen LogP contribution < -0.4 is 33.6 Å². The minimum Gasteiger partial charge on any atom is -0.382 e. The number of piperidine rings is 1. The van der Waals surface area contributed by atoms with Crippen molar-refractivity contribution in [3.05, 3.63) is 237 Å². The molecule has 2 aliphatic heterocycles. The quantitative estimate of drug-likeness (QED) is 0.0410. The number of carbonyl (C=O) groups is 2. The molecule has 580 valence electrons. The van der Waals surface area contributed by atoms with Crippen LogP contribution in [0.15, 0.2) is 219 Å². The molecule has 3 saturated carbocycles. The lowest BCUT2D eigenvalue weighted by Crippen LogP contribution is -2.42. The van der Waals surface area contributed by atoms with Crippen molar-refractivity contribution in [2.75, 3.05) is 89.3 Å². The van der Waals surface area contributed by atoms with Gasteiger partial charge in [-0.05, 0) is 125 Å². The highest BCUT2D eigenvalue weighted by atomic mass is 16.5. The molecule has 2 saturated heterocycles. The summed E-state index contributed by atoms with van der Waals surface area (Å²) in [4.78, 5) is 71.1. The summed E-state index contributed by atoms with van der Waals surface area (Å²) in [6.45, 7) is 11.8. The van der Waals surface area contributed by atoms with E-state index in [1.54, 1.807) is 18.6 Å². The molecule has 5 aliphatic rings. The molecule has 115 heavy (non-hydrogen) atoms. The lowest BCUT2D eigenvalue weighted by Gasteiger charge is -2.40. The SMILES string of the molecule is CC(=O)NCCNCC1CC(c2nc(-c3ccc4ccc(-c5ccccc5)nc4c3)c3c(N)nccn23)C1.NC(=O)C1CCN(CC2CC(c3nc(-c4ccc5ccc(-c6ccccc6)nc5c4)c4c(N)nccn34)C2)CC1.Nc1nccn2c(C3CC(CN4CCOCC4)C3)nc(-c3ccc4ccc(-c5ccccc5)nc4c3)c12. The Labute approximate surface area is 666 Å². The first-order chi connectivity index (χ1) is 56.3. The first-order valence-electron chi connectivity index (χ1n) is 40.4. The fourth-order valence-electron chi connectivity index (χ4n) is 17.7. The topological polar surface area (TPSA) is 307 Å². The van der Waals surface area contributed by atoms with Gasteiger partial charge in [0.25, 0.3) is 0 Å². The number of pyridine rings is 3. The van der Waals surface area contributed by atoms with E-state index in [4.69, 9.17) is 57.6 Å². The molecule has 23 heteroatoms. The number of primary amides is 1. The van der Waals surface area contributed by atoms with Gasteiger partial charge in [0.2, 0.25) is 11.8 Å². The van der Waals surface area contributed by atoms with E-state index in [1.807, 2.05) is 73.2 Å². The standard InChI is InChI=1S/C32H33N7O.C30H31N7O.C30H30N6O/c33-30-29-28(24-7-6-22-8-9-26(36-27(22)18-24)21-4-2-1-3-5-21)37-32(39(29)15-12-35-30)25-16-20(17-25)19-38-13-10-23(11-14-38)31(34)40;1-19(38)33-12-11-32-18-20-15-24(16-20)30-36-27(28-29(31)34-13-14-37(28)30)23-8-7-22-9-10-25(35-26(22)17-23)21-5-3-2-4-6-21;31-29-28-27(23-7-6-22-8-9-25(33-26(22)18-23)21-4-2-1-3-5-21)34-30(36(28)11-10-32-29)24-16-20(17-24)19-35-12-14-37-15-13-35/h1-9,12,15,18,20,23,25H,10-11,13-14,16-17,19H2,(H2,33,35)(H2,34,40);2-10,13-14,17,20,24,32H,11-12,15-16,18H2,1H3,(H2,31,34)(H,33,38);1-11,18,20,24H,12-17,19H2,(H2,31,32). The Bertz CT molecular complexity index is 6040. The number of benzene rings is 6. The summed E-state index contributed by atoms with van der Waals surface area (Å²) in [7, 11) is 0. The van der Waals surface area contributed by atoms with E-state index in [-0.39, 0.29) is 17.7 Å². The molecule has 9 aromatic heterocycles. The van der Waals surface area contributed by atoms with Crippen molar-refractivity contribution in [1.82, 2.24) is 78.5 Å². The number of hydrogen-bond acceptors (Lipinski definition) is 18. The van der Waals surface area contributed by atoms with Crippen LogP contribution in [0.3, 0.4) is 0 Å². The number of nitrogens with one attached hydrogen (secondary N) is 2. The van der Waals surface area contributed by atoms with Gasteiger partial charge in [-0.2, -0.15) is 0 Å². The third-order valence-corrected chi connectivity index (χ3v) is 24.0. The molecule has 0 spiro atoms. The van der Waals surface area contributed by atoms with Gasteiger partial charge >= 0.3 is 0 Å². The number of fused-ring (bicyclic) bond motifs is 6. The molecule has 23 nitrogen and oxygen atoms in total. The molecule has 20 rings (SSSR count). The number of anilines is 3. The van der Waals surface area contributed by atoms with Crippen molar-refractivity contribution in [3.63, 3.8) is 0 Å². The minimum atomic E-state index is -0.155. The first-order valence-corrected chi connectivity index (χ1v) is 40.4. The van der Waals surface area contributed by atoms with Crippen molar-refractivity contribution in [2.45, 2.75) is 76.0 Å². The Morgan fingerprint density at radius 3 is 1.15 bits per heavy atom. The first kappa shape index (κ1) is 74.0. The maximum Gasteiger partial charge on any atom is 0.220 e. The average Bonchev–Trinajstić information content (AvgIpc) is 1.61. The number of morpholine rings is 1. The van der Waals surface area contributed by atoms with Gasteiger partial charge in [-0.3, -0.25) is 27.7 Å². The lowest BCUT2D eigenvalue weighted by atomic mass is 9.74. The zero-order valence-corrected chi connectivity index (χ0v) is 64.6. The average molecular weight is 1530 g/mol. The fraction of sp³-hybridized carbons (Fsp3) is 0.293. The summed E-state index contributed by atoms with van der Waals surface area (Å²) < 4.78 is 11.9. The van der Waals surface area contributed by atoms with E-state index in [1.165, 1.54) is 6.92 Å². The van der Waals surface area contributed by atoms with Gasteiger partial charge in [0.1, 0.15) is 68.6 Å². The number of rotatable bonds is 19. The maximum absolute atomic E-state index is 11.5. The number of likely N-dealkylation sites (tertiary alicyclic amines) is 1. The number of aromatic nitrogens is 12. The number of nitrogen functional groups attached to an aromatic ring is 3. The highest BCUT2D eigenvalue weighted by Gasteiger charge is 2.39. The molecule has 6 aromatic carbocycles. The van der Waals surface area contributed by atoms with E-state index in [0.717, 1.165) is 251 Å². The van der Waals surface area contributed by atoms with Gasteiger partial charge in [0.15, 0.2) is 0 Å². The summed E-state index contributed by atoms with van der Waals surface area (Å²) in [5, 5.41) is 9.53. The molecule has 2 amide bonds. The fourth-order valence-corrected chi connectivity index (χ4v) is 17.7. The lowest BCUT2D eigenvalue weighted by molar-refractivity contribution is -0.123. The van der Waals surface area contributed by atoms with Crippen LogP contribution >= 0.6 is 0 Å². The maximum atomic E-state index is 11.5. The molecular formula is C92H94N20O3. The van der Waals surface area contributed by atoms with Crippen molar-refractivity contribution in [3.8, 4) is 67.5 Å². The number of imidazole rings is 3. The highest BCUT2D eigenvalue weighted by molar-refractivity contribution is 5.95. The van der Waals surface area contributed by atoms with E-state index >= 15 is 0 Å². The van der Waals surface area contributed by atoms with Crippen molar-refractivity contribution >= 4 is 78.5 Å². The molecule has 11 heterocycles. The number of nitrogens with two attached hydrogens (primary N) is 4. The Morgan fingerprint density at radius 1 is 0.426 bits per heavy atom. The van der Waals surface area contributed by atoms with Crippen molar-refractivity contribution in [1.29, 1.82) is 0 Å². The zero-order chi connectivity index (χ0) is 78.0. The number of hydrogen-bond donors (Lipinski definition) is 6. The van der Waals surface area contributed by atoms with Crippen LogP contribution in [0.5, 0.6) is 0 Å². The minimum absolute atomic E-state index is 0.00471. The molecule has 3 aliphatic carbocycles. The second-order valence-corrected chi connectivity index (χ2v) is 31.6. The third kappa shape index (κ3) is 15.7. The van der Waals surface area contributed by atoms with Gasteiger partial charge in [-0.1, -0.05) is 146 Å². The molecule has 10 N–H and O–H groups in total. The number of nitrogens with zero attached hydrogens (tertiary/aromatic N) is 14. The molecule has 0 unspecified atom stereocenters. The second-order valence-electron chi connectivity index (χ2n) is 31.6. The van der Waals surface area contributed by atoms with Crippen LogP contribution in [0, 0.1) is 23.7 Å². The Morgan fingerprint density at radius 2 is 0.783 bits per heavy atom. The predicted molar refractivity (Wildman–Crippen MR) is 454 cm³/mol. The number of ether oxygens (including phenoxy) is 1. The molecule has 15 aromatic rings. The van der Waals surface area contributed by atoms with Crippen molar-refractivity contribution < 1.29 is 14.3 Å². The van der Waals surface area contributed by atoms with Crippen LogP contribution in [0.1, 0.15) is 93.5 Å². The van der Waals surface area contributed by atoms with E-state index in [0.29, 0.717) is 59.5 Å². The summed E-state index contributed by atoms with van der Waals surface area (Å²) in [6, 6.07) is 62.2. The molecule has 0 bridgehead atoms. The number of amides is 2. The van der Waals surface area contributed by atoms with Crippen LogP contribution in [0.2, 0.25) is 0 Å². The van der Waals surface area contributed by atoms with Crippen LogP contribution in [0.4, 0.5) is 17.5 Å².